The van der Waals surface area contributed by atoms with Gasteiger partial charge in [-0.1, -0.05) is 12.1 Å². The number of nitrogens with one attached hydrogen (secondary N) is 2. The molecule has 1 aliphatic rings. The van der Waals surface area contributed by atoms with Gasteiger partial charge in [-0.3, -0.25) is 4.98 Å². The monoisotopic (exact) mass is 377 g/mol. The molecule has 0 saturated heterocycles. The SMILES string of the molecule is c1ccc(CNc2cc(NCc3cccs3)nn3c(C4CC4)nnc23)nc1. The summed E-state index contributed by atoms with van der Waals surface area (Å²) < 4.78 is 1.88. The van der Waals surface area contributed by atoms with E-state index in [0.29, 0.717) is 12.5 Å². The standard InChI is InChI=1S/C19H19N7S/c1-2-8-20-14(4-1)11-21-16-10-17(22-12-15-5-3-9-27-15)25-26-18(13-6-7-13)23-24-19(16)26/h1-5,8-10,13,21H,6-7,11-12H2,(H,22,25). The average Bonchev–Trinajstić information content (AvgIpc) is 3.24. The second kappa shape index (κ2) is 6.96. The Bertz CT molecular complexity index is 1040. The van der Waals surface area contributed by atoms with Crippen molar-refractivity contribution in [3.8, 4) is 0 Å². The molecule has 0 unspecified atom stereocenters. The summed E-state index contributed by atoms with van der Waals surface area (Å²) >= 11 is 1.73. The largest absolute Gasteiger partial charge is 0.376 e. The first-order chi connectivity index (χ1) is 13.4. The molecule has 1 saturated carbocycles. The molecule has 0 radical (unpaired) electrons. The van der Waals surface area contributed by atoms with Crippen LogP contribution in [0.5, 0.6) is 0 Å². The zero-order valence-electron chi connectivity index (χ0n) is 14.7. The van der Waals surface area contributed by atoms with Gasteiger partial charge in [0.05, 0.1) is 24.5 Å². The molecule has 136 valence electrons. The summed E-state index contributed by atoms with van der Waals surface area (Å²) in [6, 6.07) is 12.1. The van der Waals surface area contributed by atoms with Crippen molar-refractivity contribution in [1.82, 2.24) is 24.8 Å². The second-order valence-electron chi connectivity index (χ2n) is 6.62. The van der Waals surface area contributed by atoms with Crippen LogP contribution in [0.3, 0.4) is 0 Å². The van der Waals surface area contributed by atoms with Gasteiger partial charge in [-0.25, -0.2) is 0 Å². The van der Waals surface area contributed by atoms with Crippen molar-refractivity contribution in [2.75, 3.05) is 10.6 Å². The third kappa shape index (κ3) is 3.48. The van der Waals surface area contributed by atoms with Gasteiger partial charge in [0.2, 0.25) is 5.65 Å². The van der Waals surface area contributed by atoms with Gasteiger partial charge in [0.25, 0.3) is 0 Å². The zero-order valence-corrected chi connectivity index (χ0v) is 15.5. The first kappa shape index (κ1) is 16.2. The predicted molar refractivity (Wildman–Crippen MR) is 106 cm³/mol. The van der Waals surface area contributed by atoms with E-state index in [-0.39, 0.29) is 0 Å². The van der Waals surface area contributed by atoms with Crippen molar-refractivity contribution in [1.29, 1.82) is 0 Å². The lowest BCUT2D eigenvalue weighted by molar-refractivity contribution is 0.814. The molecule has 0 spiro atoms. The summed E-state index contributed by atoms with van der Waals surface area (Å²) in [6.07, 6.45) is 4.12. The van der Waals surface area contributed by atoms with E-state index in [1.54, 1.807) is 17.5 Å². The molecule has 5 rings (SSSR count). The normalized spacial score (nSPS) is 13.8. The van der Waals surface area contributed by atoms with Crippen LogP contribution in [0, 0.1) is 0 Å². The highest BCUT2D eigenvalue weighted by molar-refractivity contribution is 7.09. The highest BCUT2D eigenvalue weighted by Crippen LogP contribution is 2.39. The maximum Gasteiger partial charge on any atom is 0.201 e. The van der Waals surface area contributed by atoms with Crippen LogP contribution in [0.4, 0.5) is 11.5 Å². The first-order valence-electron chi connectivity index (χ1n) is 9.03. The van der Waals surface area contributed by atoms with Crippen LogP contribution in [0.1, 0.15) is 35.2 Å². The minimum atomic E-state index is 0.476. The lowest BCUT2D eigenvalue weighted by Gasteiger charge is -2.11. The molecule has 8 heteroatoms. The molecule has 0 aliphatic heterocycles. The van der Waals surface area contributed by atoms with E-state index in [1.165, 1.54) is 4.88 Å². The topological polar surface area (TPSA) is 80.0 Å². The van der Waals surface area contributed by atoms with E-state index in [9.17, 15) is 0 Å². The van der Waals surface area contributed by atoms with E-state index in [4.69, 9.17) is 5.10 Å². The molecule has 4 aromatic rings. The molecule has 0 aromatic carbocycles. The minimum absolute atomic E-state index is 0.476. The molecule has 1 aliphatic carbocycles. The van der Waals surface area contributed by atoms with Crippen LogP contribution in [-0.4, -0.2) is 24.8 Å². The fraction of sp³-hybridized carbons (Fsp3) is 0.263. The molecular formula is C19H19N7S. The Hall–Kier alpha value is -3.00. The number of fused-ring (bicyclic) bond motifs is 1. The van der Waals surface area contributed by atoms with E-state index in [0.717, 1.165) is 48.1 Å². The Morgan fingerprint density at radius 1 is 1.07 bits per heavy atom. The fourth-order valence-electron chi connectivity index (χ4n) is 2.99. The molecule has 0 amide bonds. The van der Waals surface area contributed by atoms with Gasteiger partial charge >= 0.3 is 0 Å². The molecule has 27 heavy (non-hydrogen) atoms. The number of nitrogens with zero attached hydrogens (tertiary/aromatic N) is 5. The van der Waals surface area contributed by atoms with Gasteiger partial charge in [-0.05, 0) is 36.4 Å². The Kier molecular flexibility index (Phi) is 4.17. The third-order valence-electron chi connectivity index (χ3n) is 4.55. The molecule has 1 fully saturated rings. The molecule has 4 aromatic heterocycles. The van der Waals surface area contributed by atoms with Gasteiger partial charge in [0, 0.05) is 23.1 Å². The van der Waals surface area contributed by atoms with Crippen LogP contribution in [0.25, 0.3) is 5.65 Å². The van der Waals surface area contributed by atoms with Crippen LogP contribution in [0.2, 0.25) is 0 Å². The number of hydrogen-bond donors (Lipinski definition) is 2. The number of aromatic nitrogens is 5. The molecule has 2 N–H and O–H groups in total. The number of pyridine rings is 1. The average molecular weight is 377 g/mol. The van der Waals surface area contributed by atoms with Gasteiger partial charge in [0.15, 0.2) is 5.82 Å². The Labute approximate surface area is 160 Å². The highest BCUT2D eigenvalue weighted by Gasteiger charge is 2.30. The summed E-state index contributed by atoms with van der Waals surface area (Å²) in [6.45, 7) is 1.37. The Balaban J connectivity index is 1.45. The van der Waals surface area contributed by atoms with Gasteiger partial charge in [-0.2, -0.15) is 4.52 Å². The van der Waals surface area contributed by atoms with Gasteiger partial charge < -0.3 is 10.6 Å². The molecule has 0 atom stereocenters. The number of thiophene rings is 1. The highest BCUT2D eigenvalue weighted by atomic mass is 32.1. The molecule has 0 bridgehead atoms. The quantitative estimate of drug-likeness (QED) is 0.511. The first-order valence-corrected chi connectivity index (χ1v) is 9.91. The summed E-state index contributed by atoms with van der Waals surface area (Å²) in [5, 5.41) is 22.5. The second-order valence-corrected chi connectivity index (χ2v) is 7.65. The number of hydrogen-bond acceptors (Lipinski definition) is 7. The summed E-state index contributed by atoms with van der Waals surface area (Å²) in [5.41, 5.74) is 2.64. The van der Waals surface area contributed by atoms with E-state index in [2.05, 4.69) is 43.3 Å². The Morgan fingerprint density at radius 2 is 2.04 bits per heavy atom. The van der Waals surface area contributed by atoms with Crippen molar-refractivity contribution in [2.24, 2.45) is 0 Å². The zero-order chi connectivity index (χ0) is 18.1. The molecule has 7 nitrogen and oxygen atoms in total. The number of anilines is 2. The van der Waals surface area contributed by atoms with Crippen LogP contribution in [-0.2, 0) is 13.1 Å². The lowest BCUT2D eigenvalue weighted by atomic mass is 10.3. The van der Waals surface area contributed by atoms with Crippen LogP contribution in [0.15, 0.2) is 48.0 Å². The van der Waals surface area contributed by atoms with Gasteiger partial charge in [-0.15, -0.1) is 26.6 Å². The number of rotatable bonds is 7. The van der Waals surface area contributed by atoms with Crippen molar-refractivity contribution >= 4 is 28.5 Å². The van der Waals surface area contributed by atoms with Crippen molar-refractivity contribution in [2.45, 2.75) is 31.8 Å². The van der Waals surface area contributed by atoms with Crippen molar-refractivity contribution < 1.29 is 0 Å². The lowest BCUT2D eigenvalue weighted by Crippen LogP contribution is -2.09. The van der Waals surface area contributed by atoms with E-state index >= 15 is 0 Å². The minimum Gasteiger partial charge on any atom is -0.376 e. The molecular weight excluding hydrogens is 358 g/mol. The fourth-order valence-corrected chi connectivity index (χ4v) is 3.63. The van der Waals surface area contributed by atoms with Crippen LogP contribution >= 0.6 is 11.3 Å². The van der Waals surface area contributed by atoms with Crippen LogP contribution < -0.4 is 10.6 Å². The van der Waals surface area contributed by atoms with Crippen molar-refractivity contribution in [3.63, 3.8) is 0 Å². The third-order valence-corrected chi connectivity index (χ3v) is 5.42. The maximum absolute atomic E-state index is 4.74. The van der Waals surface area contributed by atoms with Crippen molar-refractivity contribution in [3.05, 3.63) is 64.4 Å². The maximum atomic E-state index is 4.74. The summed E-state index contributed by atoms with van der Waals surface area (Å²) in [7, 11) is 0. The smallest absolute Gasteiger partial charge is 0.201 e. The Morgan fingerprint density at radius 3 is 2.81 bits per heavy atom. The summed E-state index contributed by atoms with van der Waals surface area (Å²) in [4.78, 5) is 5.64. The predicted octanol–water partition coefficient (Wildman–Crippen LogP) is 3.68. The van der Waals surface area contributed by atoms with E-state index in [1.807, 2.05) is 28.8 Å². The van der Waals surface area contributed by atoms with Gasteiger partial charge in [0.1, 0.15) is 5.82 Å². The molecule has 4 heterocycles. The summed E-state index contributed by atoms with van der Waals surface area (Å²) in [5.74, 6) is 2.23. The van der Waals surface area contributed by atoms with E-state index < -0.39 is 0 Å².